The van der Waals surface area contributed by atoms with Crippen LogP contribution in [0, 0.1) is 0 Å². The molecule has 3 atom stereocenters. The molecule has 0 radical (unpaired) electrons. The van der Waals surface area contributed by atoms with Crippen LogP contribution >= 0.6 is 0 Å². The second-order valence-electron chi connectivity index (χ2n) is 34.5. The number of ether oxygens (including phenoxy) is 6. The van der Waals surface area contributed by atoms with Gasteiger partial charge in [0.1, 0.15) is 28.7 Å². The predicted octanol–water partition coefficient (Wildman–Crippen LogP) is 26.8. The van der Waals surface area contributed by atoms with E-state index in [9.17, 15) is 0 Å². The van der Waals surface area contributed by atoms with E-state index in [1.54, 1.807) is 14.2 Å². The first kappa shape index (κ1) is 74.6. The van der Waals surface area contributed by atoms with Gasteiger partial charge in [-0.1, -0.05) is 314 Å². The summed E-state index contributed by atoms with van der Waals surface area (Å²) in [5, 5.41) is 7.63. The van der Waals surface area contributed by atoms with E-state index >= 15 is 0 Å². The molecule has 0 N–H and O–H groups in total. The van der Waals surface area contributed by atoms with E-state index in [2.05, 4.69) is 354 Å². The van der Waals surface area contributed by atoms with Gasteiger partial charge in [-0.05, 0) is 198 Å². The highest BCUT2D eigenvalue weighted by atomic mass is 16.5. The maximum atomic E-state index is 7.63. The Kier molecular flexibility index (Phi) is 18.6. The summed E-state index contributed by atoms with van der Waals surface area (Å²) >= 11 is 0. The molecule has 1 saturated carbocycles. The fourth-order valence-electron chi connectivity index (χ4n) is 21.4. The van der Waals surface area contributed by atoms with Gasteiger partial charge in [0.15, 0.2) is 16.8 Å². The van der Waals surface area contributed by atoms with Crippen LogP contribution in [0.25, 0.3) is 83.9 Å². The van der Waals surface area contributed by atoms with Crippen molar-refractivity contribution in [3.05, 3.63) is 411 Å². The molecule has 7 heteroatoms. The molecule has 1 saturated heterocycles. The van der Waals surface area contributed by atoms with E-state index in [1.165, 1.54) is 142 Å². The molecule has 590 valence electrons. The third kappa shape index (κ3) is 11.9. The van der Waals surface area contributed by atoms with Crippen molar-refractivity contribution in [3.63, 3.8) is 0 Å². The number of aryl methyl sites for hydroxylation is 1. The number of methoxy groups -OCH3 is 2. The predicted molar refractivity (Wildman–Crippen MR) is 492 cm³/mol. The molecule has 15 aromatic carbocycles. The topological polar surface area (TPSA) is 58.6 Å². The summed E-state index contributed by atoms with van der Waals surface area (Å²) < 4.78 is 38.9. The summed E-state index contributed by atoms with van der Waals surface area (Å²) in [5.41, 5.74) is 25.3. The quantitative estimate of drug-likeness (QED) is 0.143. The number of nitrogens with zero attached hydrogens (tertiary/aromatic N) is 1. The molecular weight excluding hydrogens is 1470 g/mol. The van der Waals surface area contributed by atoms with E-state index < -0.39 is 16.8 Å². The van der Waals surface area contributed by atoms with Crippen LogP contribution in [-0.2, 0) is 45.2 Å². The summed E-state index contributed by atoms with van der Waals surface area (Å²) in [6.07, 6.45) is 20.7. The molecule has 0 spiro atoms. The van der Waals surface area contributed by atoms with Crippen molar-refractivity contribution in [3.8, 4) is 62.1 Å². The molecule has 0 aromatic heterocycles. The van der Waals surface area contributed by atoms with Crippen molar-refractivity contribution in [2.75, 3.05) is 45.4 Å². The standard InChI is InChI=1S/C41H37NO2.C37H32O.C35H28O3/c1-2-10-28(11-3-1)41(29-18-20-30(21-19-29)42-24-26-43-27-25-42)23-22-37-33-14-6-8-16-35(33)38-34-15-7-4-12-31(34)32-13-5-9-17-36(32)39(38)40(37)44-41;1-35(2)31-22-14-13-21-30(31)32-28-20-12-11-19-27(28)29-23-24-37(25-15-7-5-8-16-25,26-17-9-6-10-18-26)38-34(29)33(32)36(35,3)4;1-36-26-16-12-24(13-17-26)35(25-14-18-27(37-2)19-15-25)22-21-31-29-9-5-6-10-30(29)33-28-8-4-3-7-23(28)11-20-32(33)34(31)38-35/h1-4,6-8,10-12,14-16,18-23,32,36H,5,9,13,17,24-27H2;5-24H,1-4H3;3-10,12-19,21-22H,11,20H2,1-2H3. The largest absolute Gasteiger partial charge is 0.497 e. The maximum absolute atomic E-state index is 7.63. The van der Waals surface area contributed by atoms with Crippen molar-refractivity contribution in [1.82, 2.24) is 0 Å². The zero-order valence-corrected chi connectivity index (χ0v) is 69.0. The van der Waals surface area contributed by atoms with Crippen LogP contribution in [0.3, 0.4) is 0 Å². The molecular formula is C113H97NO6. The maximum Gasteiger partial charge on any atom is 0.178 e. The molecule has 4 aliphatic carbocycles. The Hall–Kier alpha value is -12.9. The minimum absolute atomic E-state index is 0.0977. The Morgan fingerprint density at radius 2 is 0.750 bits per heavy atom. The molecule has 7 nitrogen and oxygen atoms in total. The van der Waals surface area contributed by atoms with Crippen molar-refractivity contribution in [1.29, 1.82) is 0 Å². The highest BCUT2D eigenvalue weighted by molar-refractivity contribution is 6.10. The average Bonchev–Trinajstić information content (AvgIpc) is 0.687. The van der Waals surface area contributed by atoms with Gasteiger partial charge < -0.3 is 33.3 Å². The van der Waals surface area contributed by atoms with Crippen LogP contribution in [-0.4, -0.2) is 40.5 Å². The Morgan fingerprint density at radius 1 is 0.342 bits per heavy atom. The van der Waals surface area contributed by atoms with E-state index in [1.807, 2.05) is 24.3 Å². The van der Waals surface area contributed by atoms with Crippen molar-refractivity contribution < 1.29 is 28.4 Å². The van der Waals surface area contributed by atoms with Gasteiger partial charge >= 0.3 is 0 Å². The number of benzene rings is 15. The SMILES string of the molecule is C1=CC(c2ccccc2)(c2ccc(N3CCOCC3)cc2)Oc2c3c(c4ccccc4c21)-c1ccccc1C1CCCCC31.CC1(C)c2ccccc2-c2c(c3c(c4ccccc24)C=CC(c2ccccc2)(c2ccccc2)O3)C1(C)C.COc1ccc(C2(c3ccc(OC)cc3)C=Cc3c(c4c(c5ccccc35)-c3ccccc3CC4)O2)cc1. The Bertz CT molecular complexity index is 6480. The first-order chi connectivity index (χ1) is 58.9. The summed E-state index contributed by atoms with van der Waals surface area (Å²) in [4.78, 5) is 2.42. The number of hydrogen-bond donors (Lipinski definition) is 0. The van der Waals surface area contributed by atoms with Gasteiger partial charge in [0.2, 0.25) is 0 Å². The Labute approximate surface area is 704 Å². The molecule has 8 aliphatic rings. The van der Waals surface area contributed by atoms with Crippen LogP contribution in [0.1, 0.15) is 149 Å². The molecule has 4 heterocycles. The Balaban J connectivity index is 0.000000112. The third-order valence-electron chi connectivity index (χ3n) is 28.1. The fraction of sp³-hybridized carbons (Fsp3) is 0.204. The highest BCUT2D eigenvalue weighted by Crippen LogP contribution is 2.64. The minimum atomic E-state index is -0.793. The number of morpholine rings is 1. The van der Waals surface area contributed by atoms with E-state index in [-0.39, 0.29) is 10.8 Å². The second-order valence-corrected chi connectivity index (χ2v) is 34.5. The number of hydrogen-bond acceptors (Lipinski definition) is 7. The van der Waals surface area contributed by atoms with Gasteiger partial charge in [0.05, 0.1) is 27.4 Å². The normalized spacial score (nSPS) is 18.9. The molecule has 23 rings (SSSR count). The van der Waals surface area contributed by atoms with E-state index in [0.717, 1.165) is 107 Å². The summed E-state index contributed by atoms with van der Waals surface area (Å²) in [6.45, 7) is 13.0. The lowest BCUT2D eigenvalue weighted by Crippen LogP contribution is -2.45. The van der Waals surface area contributed by atoms with Gasteiger partial charge in [-0.2, -0.15) is 0 Å². The van der Waals surface area contributed by atoms with Crippen LogP contribution in [0.2, 0.25) is 0 Å². The highest BCUT2D eigenvalue weighted by Gasteiger charge is 2.52. The molecule has 0 amide bonds. The lowest BCUT2D eigenvalue weighted by Gasteiger charge is -2.50. The molecule has 0 bridgehead atoms. The summed E-state index contributed by atoms with van der Waals surface area (Å²) in [7, 11) is 3.38. The van der Waals surface area contributed by atoms with Gasteiger partial charge in [-0.25, -0.2) is 0 Å². The van der Waals surface area contributed by atoms with E-state index in [4.69, 9.17) is 28.4 Å². The Morgan fingerprint density at radius 3 is 1.29 bits per heavy atom. The molecule has 3 unspecified atom stereocenters. The lowest BCUT2D eigenvalue weighted by atomic mass is 9.54. The lowest BCUT2D eigenvalue weighted by molar-refractivity contribution is 0.122. The van der Waals surface area contributed by atoms with Gasteiger partial charge in [0.25, 0.3) is 0 Å². The number of anilines is 1. The summed E-state index contributed by atoms with van der Waals surface area (Å²) in [5.74, 6) is 5.68. The first-order valence-corrected chi connectivity index (χ1v) is 43.0. The summed E-state index contributed by atoms with van der Waals surface area (Å²) in [6, 6.07) is 111. The van der Waals surface area contributed by atoms with Crippen molar-refractivity contribution in [2.45, 2.75) is 106 Å². The monoisotopic (exact) mass is 1560 g/mol. The van der Waals surface area contributed by atoms with E-state index in [0.29, 0.717) is 11.8 Å². The van der Waals surface area contributed by atoms with Crippen LogP contribution in [0.5, 0.6) is 28.7 Å². The first-order valence-electron chi connectivity index (χ1n) is 43.0. The molecule has 4 aliphatic heterocycles. The zero-order chi connectivity index (χ0) is 80.9. The minimum Gasteiger partial charge on any atom is -0.497 e. The van der Waals surface area contributed by atoms with Crippen molar-refractivity contribution in [2.24, 2.45) is 0 Å². The zero-order valence-electron chi connectivity index (χ0n) is 69.0. The van der Waals surface area contributed by atoms with Crippen LogP contribution in [0.15, 0.2) is 328 Å². The van der Waals surface area contributed by atoms with Gasteiger partial charge in [-0.3, -0.25) is 0 Å². The number of fused-ring (bicyclic) bond motifs is 27. The van der Waals surface area contributed by atoms with Crippen LogP contribution in [0.4, 0.5) is 5.69 Å². The van der Waals surface area contributed by atoms with Gasteiger partial charge in [-0.15, -0.1) is 0 Å². The molecule has 120 heavy (non-hydrogen) atoms. The fourth-order valence-corrected chi connectivity index (χ4v) is 21.4. The molecule has 2 fully saturated rings. The van der Waals surface area contributed by atoms with Gasteiger partial charge in [0, 0.05) is 91.0 Å². The third-order valence-corrected chi connectivity index (χ3v) is 28.1. The second kappa shape index (κ2) is 29.8. The number of rotatable bonds is 9. The average molecular weight is 1570 g/mol. The van der Waals surface area contributed by atoms with Crippen molar-refractivity contribution >= 4 is 56.2 Å². The smallest absolute Gasteiger partial charge is 0.178 e. The molecule has 15 aromatic rings. The van der Waals surface area contributed by atoms with Crippen LogP contribution < -0.4 is 28.6 Å².